The third kappa shape index (κ3) is 51.8. The molecule has 0 saturated carbocycles. The maximum atomic E-state index is 13.1. The Kier molecular flexibility index (Phi) is 58.7. The number of rotatable bonds is 58. The molecule has 0 aliphatic carbocycles. The molecule has 484 valence electrons. The molecule has 1 amide bonds. The van der Waals surface area contributed by atoms with Crippen LogP contribution in [-0.2, 0) is 14.3 Å². The van der Waals surface area contributed by atoms with Gasteiger partial charge in [0.1, 0.15) is 24.4 Å². The number of allylic oxidation sites excluding steroid dienone is 23. The Hall–Kier alpha value is -3.93. The van der Waals surface area contributed by atoms with Gasteiger partial charge in [-0.2, -0.15) is 0 Å². The highest BCUT2D eigenvalue weighted by molar-refractivity contribution is 5.76. The molecular formula is C76H127NO8. The van der Waals surface area contributed by atoms with Crippen LogP contribution in [-0.4, -0.2) is 87.5 Å². The van der Waals surface area contributed by atoms with Gasteiger partial charge in [0, 0.05) is 6.42 Å². The summed E-state index contributed by atoms with van der Waals surface area (Å²) in [6.45, 7) is 3.65. The summed E-state index contributed by atoms with van der Waals surface area (Å²) in [5, 5.41) is 54.7. The molecule has 0 aromatic rings. The number of carbonyl (C=O) groups is 1. The van der Waals surface area contributed by atoms with Crippen molar-refractivity contribution in [3.8, 4) is 0 Å². The first-order chi connectivity index (χ1) is 41.8. The largest absolute Gasteiger partial charge is 0.394 e. The molecule has 1 aliphatic heterocycles. The second kappa shape index (κ2) is 63.1. The molecule has 1 rings (SSSR count). The molecule has 9 heteroatoms. The molecule has 0 aromatic carbocycles. The molecule has 7 atom stereocenters. The molecule has 1 heterocycles. The molecular weight excluding hydrogens is 1050 g/mol. The Labute approximate surface area is 521 Å². The van der Waals surface area contributed by atoms with Crippen molar-refractivity contribution in [3.63, 3.8) is 0 Å². The highest BCUT2D eigenvalue weighted by Crippen LogP contribution is 2.23. The fourth-order valence-corrected chi connectivity index (χ4v) is 10.0. The second-order valence-electron chi connectivity index (χ2n) is 23.2. The summed E-state index contributed by atoms with van der Waals surface area (Å²) >= 11 is 0. The third-order valence-electron chi connectivity index (χ3n) is 15.4. The fraction of sp³-hybridized carbons (Fsp3) is 0.671. The van der Waals surface area contributed by atoms with Crippen molar-refractivity contribution in [1.82, 2.24) is 5.32 Å². The molecule has 9 nitrogen and oxygen atoms in total. The lowest BCUT2D eigenvalue weighted by Gasteiger charge is -2.40. The van der Waals surface area contributed by atoms with Gasteiger partial charge in [-0.25, -0.2) is 0 Å². The lowest BCUT2D eigenvalue weighted by atomic mass is 9.99. The van der Waals surface area contributed by atoms with E-state index < -0.39 is 49.5 Å². The van der Waals surface area contributed by atoms with E-state index in [4.69, 9.17) is 9.47 Å². The van der Waals surface area contributed by atoms with E-state index >= 15 is 0 Å². The number of ether oxygens (including phenoxy) is 2. The van der Waals surface area contributed by atoms with Crippen LogP contribution < -0.4 is 5.32 Å². The average molecular weight is 1180 g/mol. The van der Waals surface area contributed by atoms with E-state index in [-0.39, 0.29) is 12.5 Å². The van der Waals surface area contributed by atoms with E-state index in [1.54, 1.807) is 6.08 Å². The van der Waals surface area contributed by atoms with Gasteiger partial charge < -0.3 is 40.3 Å². The Bertz CT molecular complexity index is 1850. The van der Waals surface area contributed by atoms with E-state index in [0.717, 1.165) is 122 Å². The number of aliphatic hydroxyl groups is 5. The van der Waals surface area contributed by atoms with E-state index in [1.165, 1.54) is 128 Å². The normalized spacial score (nSPS) is 19.1. The monoisotopic (exact) mass is 1180 g/mol. The zero-order valence-electron chi connectivity index (χ0n) is 54.1. The Morgan fingerprint density at radius 2 is 0.741 bits per heavy atom. The molecule has 85 heavy (non-hydrogen) atoms. The average Bonchev–Trinajstić information content (AvgIpc) is 3.66. The van der Waals surface area contributed by atoms with E-state index in [2.05, 4.69) is 153 Å². The molecule has 7 unspecified atom stereocenters. The van der Waals surface area contributed by atoms with Gasteiger partial charge in [-0.3, -0.25) is 4.79 Å². The van der Waals surface area contributed by atoms with Gasteiger partial charge in [0.2, 0.25) is 5.91 Å². The summed E-state index contributed by atoms with van der Waals surface area (Å²) < 4.78 is 11.3. The summed E-state index contributed by atoms with van der Waals surface area (Å²) in [4.78, 5) is 13.1. The second-order valence-corrected chi connectivity index (χ2v) is 23.2. The third-order valence-corrected chi connectivity index (χ3v) is 15.4. The van der Waals surface area contributed by atoms with Crippen LogP contribution in [0.2, 0.25) is 0 Å². The Morgan fingerprint density at radius 1 is 0.412 bits per heavy atom. The fourth-order valence-electron chi connectivity index (χ4n) is 10.0. The number of carbonyl (C=O) groups excluding carboxylic acids is 1. The van der Waals surface area contributed by atoms with Crippen LogP contribution in [0.15, 0.2) is 146 Å². The van der Waals surface area contributed by atoms with Crippen molar-refractivity contribution in [3.05, 3.63) is 146 Å². The number of hydrogen-bond acceptors (Lipinski definition) is 8. The van der Waals surface area contributed by atoms with Crippen molar-refractivity contribution < 1.29 is 39.8 Å². The maximum absolute atomic E-state index is 13.1. The number of aliphatic hydroxyl groups excluding tert-OH is 5. The number of amides is 1. The van der Waals surface area contributed by atoms with Crippen LogP contribution in [0.4, 0.5) is 0 Å². The Balaban J connectivity index is 2.18. The lowest BCUT2D eigenvalue weighted by Crippen LogP contribution is -2.60. The van der Waals surface area contributed by atoms with Gasteiger partial charge >= 0.3 is 0 Å². The first kappa shape index (κ1) is 79.1. The molecule has 0 spiro atoms. The number of hydrogen-bond donors (Lipinski definition) is 6. The minimum absolute atomic E-state index is 0.198. The minimum Gasteiger partial charge on any atom is -0.394 e. The van der Waals surface area contributed by atoms with Crippen LogP contribution in [0.5, 0.6) is 0 Å². The van der Waals surface area contributed by atoms with Gasteiger partial charge in [0.25, 0.3) is 0 Å². The predicted octanol–water partition coefficient (Wildman–Crippen LogP) is 19.0. The van der Waals surface area contributed by atoms with E-state index in [1.807, 2.05) is 6.08 Å². The molecule has 0 bridgehead atoms. The van der Waals surface area contributed by atoms with Crippen molar-refractivity contribution in [2.24, 2.45) is 0 Å². The summed E-state index contributed by atoms with van der Waals surface area (Å²) in [6.07, 6.45) is 90.8. The van der Waals surface area contributed by atoms with Crippen molar-refractivity contribution in [2.45, 2.75) is 314 Å². The molecule has 0 radical (unpaired) electrons. The first-order valence-corrected chi connectivity index (χ1v) is 34.6. The van der Waals surface area contributed by atoms with E-state index in [9.17, 15) is 30.3 Å². The van der Waals surface area contributed by atoms with Crippen molar-refractivity contribution in [2.75, 3.05) is 13.2 Å². The first-order valence-electron chi connectivity index (χ1n) is 34.6. The number of unbranched alkanes of at least 4 members (excludes halogenated alkanes) is 26. The van der Waals surface area contributed by atoms with Crippen LogP contribution in [0.25, 0.3) is 0 Å². The topological polar surface area (TPSA) is 149 Å². The van der Waals surface area contributed by atoms with Crippen LogP contribution >= 0.6 is 0 Å². The minimum atomic E-state index is -1.58. The van der Waals surface area contributed by atoms with Gasteiger partial charge in [0.15, 0.2) is 6.29 Å². The highest BCUT2D eigenvalue weighted by atomic mass is 16.7. The molecule has 1 saturated heterocycles. The summed E-state index contributed by atoms with van der Waals surface area (Å²) in [5.41, 5.74) is 0. The van der Waals surface area contributed by atoms with Crippen molar-refractivity contribution in [1.29, 1.82) is 0 Å². The maximum Gasteiger partial charge on any atom is 0.220 e. The SMILES string of the molecule is CC/C=C\C/C=C\C/C=C\C/C=C\C/C=C\C/C=C\C/C=C\C/C=C\C/C=C\CCCCCCCCCCCCCC(=O)NC(COC1OC(CO)C(O)C(O)C1O)C(O)/C=C/CC/C=C/CC/C=C/CCCCCCCCCCCCCCC. The van der Waals surface area contributed by atoms with Crippen LogP contribution in [0.1, 0.15) is 271 Å². The van der Waals surface area contributed by atoms with Gasteiger partial charge in [-0.15, -0.1) is 0 Å². The molecule has 1 fully saturated rings. The number of nitrogens with one attached hydrogen (secondary N) is 1. The zero-order valence-corrected chi connectivity index (χ0v) is 54.1. The van der Waals surface area contributed by atoms with Crippen LogP contribution in [0.3, 0.4) is 0 Å². The quantitative estimate of drug-likeness (QED) is 0.0261. The predicted molar refractivity (Wildman–Crippen MR) is 363 cm³/mol. The Morgan fingerprint density at radius 3 is 1.13 bits per heavy atom. The smallest absolute Gasteiger partial charge is 0.220 e. The molecule has 0 aromatic heterocycles. The summed E-state index contributed by atoms with van der Waals surface area (Å²) in [5.74, 6) is -0.198. The van der Waals surface area contributed by atoms with Crippen molar-refractivity contribution >= 4 is 5.91 Å². The standard InChI is InChI=1S/C76H127NO8/c1-3-5-7-9-11-13-15-17-19-21-23-25-27-28-29-30-31-32-33-34-35-36-37-38-39-40-41-42-44-46-48-50-52-54-56-58-60-62-64-66-72(80)77-69(68-84-76-75(83)74(82)73(81)71(67-78)85-76)70(79)65-63-61-59-57-55-53-51-49-47-45-43-26-24-22-20-18-16-14-12-10-8-6-4-2/h5,7,11,13,17,19,23,25,28-29,31-32,34-35,37-38,40-41,47,49,55,57,63,65,69-71,73-76,78-79,81-83H,3-4,6,8-10,12,14-16,18,20-22,24,26-27,30,33,36,39,42-46,48,50-54,56,58-62,64,66-68H2,1-2H3,(H,77,80)/b7-5-,13-11-,19-17-,25-23-,29-28-,32-31-,35-34-,38-37-,41-40-,49-47+,57-55+,65-63+. The summed E-state index contributed by atoms with van der Waals surface area (Å²) in [6, 6.07) is -0.841. The molecule has 1 aliphatic rings. The molecule has 6 N–H and O–H groups in total. The van der Waals surface area contributed by atoms with Gasteiger partial charge in [-0.1, -0.05) is 295 Å². The zero-order chi connectivity index (χ0) is 61.4. The van der Waals surface area contributed by atoms with Gasteiger partial charge in [0.05, 0.1) is 25.4 Å². The summed E-state index contributed by atoms with van der Waals surface area (Å²) in [7, 11) is 0. The van der Waals surface area contributed by atoms with E-state index in [0.29, 0.717) is 6.42 Å². The highest BCUT2D eigenvalue weighted by Gasteiger charge is 2.44. The van der Waals surface area contributed by atoms with Crippen LogP contribution in [0, 0.1) is 0 Å². The lowest BCUT2D eigenvalue weighted by molar-refractivity contribution is -0.302. The van der Waals surface area contributed by atoms with Gasteiger partial charge in [-0.05, 0) is 116 Å².